The summed E-state index contributed by atoms with van der Waals surface area (Å²) in [4.78, 5) is 2.24. The lowest BCUT2D eigenvalue weighted by molar-refractivity contribution is -0.00889. The summed E-state index contributed by atoms with van der Waals surface area (Å²) < 4.78 is 1.72. The molecule has 0 aromatic carbocycles. The van der Waals surface area contributed by atoms with Crippen molar-refractivity contribution in [1.29, 1.82) is 0 Å². The van der Waals surface area contributed by atoms with Gasteiger partial charge in [0.25, 0.3) is 0 Å². The van der Waals surface area contributed by atoms with Crippen molar-refractivity contribution in [3.8, 4) is 0 Å². The second kappa shape index (κ2) is 4.97. The van der Waals surface area contributed by atoms with Gasteiger partial charge in [-0.05, 0) is 33.0 Å². The van der Waals surface area contributed by atoms with Crippen LogP contribution in [0.1, 0.15) is 39.5 Å². The van der Waals surface area contributed by atoms with Crippen LogP contribution in [0.2, 0.25) is 0 Å². The van der Waals surface area contributed by atoms with Crippen molar-refractivity contribution in [3.63, 3.8) is 0 Å². The predicted octanol–water partition coefficient (Wildman–Crippen LogP) is 1.57. The molecule has 0 fully saturated rings. The van der Waals surface area contributed by atoms with Gasteiger partial charge in [0.15, 0.2) is 0 Å². The molecule has 0 radical (unpaired) electrons. The molecule has 92 valence electrons. The Bertz CT molecular complexity index is 329. The van der Waals surface area contributed by atoms with Crippen molar-refractivity contribution in [2.45, 2.75) is 39.3 Å². The summed E-state index contributed by atoms with van der Waals surface area (Å²) in [6.45, 7) is 10.2. The monoisotopic (exact) mass is 225 g/mol. The molecule has 1 atom stereocenters. The first-order valence-electron chi connectivity index (χ1n) is 5.86. The summed E-state index contributed by atoms with van der Waals surface area (Å²) in [5.74, 6) is 0. The summed E-state index contributed by atoms with van der Waals surface area (Å²) in [7, 11) is 1.86. The molecule has 0 amide bonds. The highest BCUT2D eigenvalue weighted by Gasteiger charge is 2.34. The first-order chi connectivity index (χ1) is 7.43. The molecular weight excluding hydrogens is 202 g/mol. The number of rotatable bonds is 5. The summed E-state index contributed by atoms with van der Waals surface area (Å²) in [5.41, 5.74) is 0.442. The van der Waals surface area contributed by atoms with Gasteiger partial charge >= 0.3 is 0 Å². The van der Waals surface area contributed by atoms with Crippen LogP contribution in [0.3, 0.4) is 0 Å². The molecule has 1 rings (SSSR count). The zero-order valence-corrected chi connectivity index (χ0v) is 10.9. The van der Waals surface area contributed by atoms with Crippen molar-refractivity contribution in [1.82, 2.24) is 14.7 Å². The van der Waals surface area contributed by atoms with Gasteiger partial charge < -0.3 is 5.11 Å². The molecule has 0 aliphatic carbocycles. The Morgan fingerprint density at radius 3 is 2.38 bits per heavy atom. The van der Waals surface area contributed by atoms with Gasteiger partial charge in [-0.15, -0.1) is 0 Å². The summed E-state index contributed by atoms with van der Waals surface area (Å²) >= 11 is 0. The lowest BCUT2D eigenvalue weighted by Gasteiger charge is -2.40. The number of hydrogen-bond donors (Lipinski definition) is 1. The number of aryl methyl sites for hydroxylation is 1. The van der Waals surface area contributed by atoms with Crippen molar-refractivity contribution >= 4 is 0 Å². The molecular formula is C12H23N3O. The van der Waals surface area contributed by atoms with E-state index in [0.29, 0.717) is 0 Å². The zero-order valence-electron chi connectivity index (χ0n) is 10.9. The maximum atomic E-state index is 10.4. The number of aliphatic hydroxyl groups excluding tert-OH is 1. The number of likely N-dealkylation sites (N-methyl/N-ethyl adjacent to an activating group) is 1. The SMILES string of the molecule is CCN(CC)C(C)(C)C(O)c1ccn(C)n1. The van der Waals surface area contributed by atoms with Crippen LogP contribution in [-0.4, -0.2) is 38.4 Å². The molecule has 0 saturated carbocycles. The third kappa shape index (κ3) is 2.44. The average Bonchev–Trinajstić information content (AvgIpc) is 2.65. The average molecular weight is 225 g/mol. The second-order valence-electron chi connectivity index (χ2n) is 4.64. The highest BCUT2D eigenvalue weighted by atomic mass is 16.3. The number of aliphatic hydroxyl groups is 1. The molecule has 16 heavy (non-hydrogen) atoms. The van der Waals surface area contributed by atoms with Crippen LogP contribution in [0.5, 0.6) is 0 Å². The van der Waals surface area contributed by atoms with E-state index in [1.807, 2.05) is 19.3 Å². The van der Waals surface area contributed by atoms with E-state index in [4.69, 9.17) is 0 Å². The molecule has 0 bridgehead atoms. The van der Waals surface area contributed by atoms with E-state index in [1.54, 1.807) is 4.68 Å². The molecule has 0 spiro atoms. The van der Waals surface area contributed by atoms with Crippen LogP contribution in [-0.2, 0) is 7.05 Å². The van der Waals surface area contributed by atoms with Crippen LogP contribution in [0, 0.1) is 0 Å². The van der Waals surface area contributed by atoms with Gasteiger partial charge in [0, 0.05) is 18.8 Å². The first kappa shape index (κ1) is 13.2. The summed E-state index contributed by atoms with van der Waals surface area (Å²) in [5, 5.41) is 14.6. The zero-order chi connectivity index (χ0) is 12.3. The topological polar surface area (TPSA) is 41.3 Å². The molecule has 1 aromatic rings. The molecule has 0 aliphatic heterocycles. The molecule has 0 aliphatic rings. The Labute approximate surface area is 97.9 Å². The van der Waals surface area contributed by atoms with Gasteiger partial charge in [0.1, 0.15) is 6.10 Å². The smallest absolute Gasteiger partial charge is 0.116 e. The van der Waals surface area contributed by atoms with E-state index in [1.165, 1.54) is 0 Å². The number of nitrogens with zero attached hydrogens (tertiary/aromatic N) is 3. The molecule has 1 N–H and O–H groups in total. The van der Waals surface area contributed by atoms with Crippen LogP contribution >= 0.6 is 0 Å². The lowest BCUT2D eigenvalue weighted by Crippen LogP contribution is -2.48. The fraction of sp³-hybridized carbons (Fsp3) is 0.750. The van der Waals surface area contributed by atoms with Crippen LogP contribution in [0.15, 0.2) is 12.3 Å². The number of aromatic nitrogens is 2. The molecule has 1 unspecified atom stereocenters. The van der Waals surface area contributed by atoms with E-state index in [0.717, 1.165) is 18.8 Å². The van der Waals surface area contributed by atoms with E-state index in [9.17, 15) is 5.11 Å². The van der Waals surface area contributed by atoms with Gasteiger partial charge in [-0.25, -0.2) is 0 Å². The van der Waals surface area contributed by atoms with Crippen LogP contribution < -0.4 is 0 Å². The fourth-order valence-electron chi connectivity index (χ4n) is 2.15. The Morgan fingerprint density at radius 1 is 1.44 bits per heavy atom. The molecule has 4 nitrogen and oxygen atoms in total. The predicted molar refractivity (Wildman–Crippen MR) is 65.2 cm³/mol. The molecule has 1 heterocycles. The Balaban J connectivity index is 2.90. The van der Waals surface area contributed by atoms with Crippen LogP contribution in [0.25, 0.3) is 0 Å². The second-order valence-corrected chi connectivity index (χ2v) is 4.64. The van der Waals surface area contributed by atoms with Gasteiger partial charge in [0.2, 0.25) is 0 Å². The van der Waals surface area contributed by atoms with Crippen molar-refractivity contribution in [3.05, 3.63) is 18.0 Å². The van der Waals surface area contributed by atoms with E-state index in [2.05, 4.69) is 37.7 Å². The Hall–Kier alpha value is -0.870. The van der Waals surface area contributed by atoms with Crippen molar-refractivity contribution in [2.24, 2.45) is 7.05 Å². The van der Waals surface area contributed by atoms with Crippen molar-refractivity contribution < 1.29 is 5.11 Å². The molecule has 4 heteroatoms. The largest absolute Gasteiger partial charge is 0.385 e. The molecule has 1 aromatic heterocycles. The highest BCUT2D eigenvalue weighted by Crippen LogP contribution is 2.29. The van der Waals surface area contributed by atoms with Gasteiger partial charge in [0.05, 0.1) is 5.69 Å². The van der Waals surface area contributed by atoms with E-state index < -0.39 is 6.10 Å². The minimum atomic E-state index is -0.561. The summed E-state index contributed by atoms with van der Waals surface area (Å²) in [6, 6.07) is 1.87. The lowest BCUT2D eigenvalue weighted by atomic mass is 9.92. The van der Waals surface area contributed by atoms with Gasteiger partial charge in [-0.1, -0.05) is 13.8 Å². The first-order valence-corrected chi connectivity index (χ1v) is 5.86. The Kier molecular flexibility index (Phi) is 4.10. The van der Waals surface area contributed by atoms with Gasteiger partial charge in [-0.2, -0.15) is 5.10 Å². The third-order valence-corrected chi connectivity index (χ3v) is 3.26. The fourth-order valence-corrected chi connectivity index (χ4v) is 2.15. The van der Waals surface area contributed by atoms with Gasteiger partial charge in [-0.3, -0.25) is 9.58 Å². The minimum Gasteiger partial charge on any atom is -0.385 e. The van der Waals surface area contributed by atoms with E-state index in [-0.39, 0.29) is 5.54 Å². The Morgan fingerprint density at radius 2 is 2.00 bits per heavy atom. The van der Waals surface area contributed by atoms with E-state index >= 15 is 0 Å². The normalized spacial score (nSPS) is 14.4. The summed E-state index contributed by atoms with van der Waals surface area (Å²) in [6.07, 6.45) is 1.30. The molecule has 0 saturated heterocycles. The number of hydrogen-bond acceptors (Lipinski definition) is 3. The standard InChI is InChI=1S/C12H23N3O/c1-6-15(7-2)12(3,4)11(16)10-8-9-14(5)13-10/h8-9,11,16H,6-7H2,1-5H3. The maximum Gasteiger partial charge on any atom is 0.116 e. The third-order valence-electron chi connectivity index (χ3n) is 3.26. The van der Waals surface area contributed by atoms with Crippen molar-refractivity contribution in [2.75, 3.05) is 13.1 Å². The van der Waals surface area contributed by atoms with Crippen LogP contribution in [0.4, 0.5) is 0 Å². The minimum absolute atomic E-state index is 0.294. The maximum absolute atomic E-state index is 10.4. The quantitative estimate of drug-likeness (QED) is 0.827. The highest BCUT2D eigenvalue weighted by molar-refractivity contribution is 5.09.